The molecule has 18 rings (SSSR count). The lowest BCUT2D eigenvalue weighted by molar-refractivity contribution is 0.504. The van der Waals surface area contributed by atoms with Gasteiger partial charge in [-0.3, -0.25) is 0 Å². The van der Waals surface area contributed by atoms with E-state index in [-0.39, 0.29) is 0 Å². The van der Waals surface area contributed by atoms with Crippen molar-refractivity contribution in [1.82, 2.24) is 0 Å². The van der Waals surface area contributed by atoms with Crippen molar-refractivity contribution in [3.63, 3.8) is 0 Å². The van der Waals surface area contributed by atoms with Gasteiger partial charge in [0, 0.05) is 0 Å². The minimum atomic E-state index is 1.50. The lowest BCUT2D eigenvalue weighted by Crippen LogP contribution is -1.85. The molecular formula is C72H144. The molecule has 18 aliphatic rings. The molecule has 0 spiro atoms. The minimum absolute atomic E-state index is 1.50. The summed E-state index contributed by atoms with van der Waals surface area (Å²) in [6, 6.07) is 0. The molecule has 0 nitrogen and oxygen atoms in total. The summed E-state index contributed by atoms with van der Waals surface area (Å²) in [7, 11) is 0. The highest BCUT2D eigenvalue weighted by molar-refractivity contribution is 4.57. The van der Waals surface area contributed by atoms with Crippen LogP contribution in [0.15, 0.2) is 0 Å². The topological polar surface area (TPSA) is 0 Å². The maximum atomic E-state index is 1.50. The minimum Gasteiger partial charge on any atom is -0.0533 e. The molecule has 0 radical (unpaired) electrons. The van der Waals surface area contributed by atoms with Crippen molar-refractivity contribution in [2.45, 2.75) is 462 Å². The third kappa shape index (κ3) is 64.3. The molecule has 0 heteroatoms. The number of hydrogen-bond acceptors (Lipinski definition) is 0. The lowest BCUT2D eigenvalue weighted by atomic mass is 10.0. The average Bonchev–Trinajstić information content (AvgIpc) is 2.79. The van der Waals surface area contributed by atoms with Gasteiger partial charge in [0.1, 0.15) is 0 Å². The molecule has 0 heterocycles. The highest BCUT2D eigenvalue weighted by atomic mass is 14.1. The molecule has 0 atom stereocenters. The Bertz CT molecular complexity index is 444. The van der Waals surface area contributed by atoms with Gasteiger partial charge in [-0.2, -0.15) is 0 Å². The Balaban J connectivity index is 0.000000381. The summed E-state index contributed by atoms with van der Waals surface area (Å²) in [5.74, 6) is 0. The van der Waals surface area contributed by atoms with E-state index < -0.39 is 0 Å². The van der Waals surface area contributed by atoms with Gasteiger partial charge in [0.15, 0.2) is 0 Å². The molecule has 0 aromatic heterocycles. The molecule has 0 N–H and O–H groups in total. The summed E-state index contributed by atoms with van der Waals surface area (Å²) >= 11 is 0. The van der Waals surface area contributed by atoms with E-state index >= 15 is 0 Å². The Hall–Kier alpha value is 0. The summed E-state index contributed by atoms with van der Waals surface area (Å²) < 4.78 is 0. The van der Waals surface area contributed by atoms with Crippen molar-refractivity contribution in [2.75, 3.05) is 0 Å². The zero-order valence-corrected chi connectivity index (χ0v) is 50.9. The smallest absolute Gasteiger partial charge is 0.0533 e. The first-order chi connectivity index (χ1) is 36.0. The molecule has 0 aliphatic heterocycles. The van der Waals surface area contributed by atoms with Crippen molar-refractivity contribution >= 4 is 0 Å². The van der Waals surface area contributed by atoms with Crippen LogP contribution in [0.5, 0.6) is 0 Å². The predicted octanol–water partition coefficient (Wildman–Crippen LogP) is 28.1. The standard InChI is InChI=1S/18C4H8/c18*1-2-4-3-1/h18*1-4H2. The second kappa shape index (κ2) is 67.1. The molecule has 0 aromatic rings. The second-order valence-electron chi connectivity index (χ2n) is 25.5. The zero-order valence-electron chi connectivity index (χ0n) is 50.9. The summed E-state index contributed by atoms with van der Waals surface area (Å²) in [5, 5.41) is 0. The maximum absolute atomic E-state index is 1.50. The average molecular weight is 1010 g/mol. The van der Waals surface area contributed by atoms with Crippen LogP contribution in [0.2, 0.25) is 0 Å². The first-order valence-electron chi connectivity index (χ1n) is 36.0. The molecular weight excluding hydrogens is 865 g/mol. The molecule has 432 valence electrons. The monoisotopic (exact) mass is 1010 g/mol. The van der Waals surface area contributed by atoms with Crippen LogP contribution >= 0.6 is 0 Å². The molecule has 72 heavy (non-hydrogen) atoms. The molecule has 0 saturated heterocycles. The van der Waals surface area contributed by atoms with E-state index in [4.69, 9.17) is 0 Å². The van der Waals surface area contributed by atoms with Gasteiger partial charge >= 0.3 is 0 Å². The summed E-state index contributed by atoms with van der Waals surface area (Å²) in [4.78, 5) is 0. The fraction of sp³-hybridized carbons (Fsp3) is 1.00. The molecule has 18 saturated carbocycles. The van der Waals surface area contributed by atoms with Gasteiger partial charge in [-0.1, -0.05) is 462 Å². The van der Waals surface area contributed by atoms with Crippen LogP contribution in [0.3, 0.4) is 0 Å². The van der Waals surface area contributed by atoms with Crippen LogP contribution in [0.25, 0.3) is 0 Å². The van der Waals surface area contributed by atoms with Crippen LogP contribution in [0.1, 0.15) is 462 Å². The normalized spacial score (nSPS) is 24.0. The second-order valence-corrected chi connectivity index (χ2v) is 25.5. The van der Waals surface area contributed by atoms with Crippen molar-refractivity contribution in [1.29, 1.82) is 0 Å². The summed E-state index contributed by atoms with van der Waals surface area (Å²) in [5.41, 5.74) is 0. The molecule has 0 aromatic carbocycles. The Morgan fingerprint density at radius 3 is 0.0417 bits per heavy atom. The molecule has 0 unspecified atom stereocenters. The van der Waals surface area contributed by atoms with Gasteiger partial charge < -0.3 is 0 Å². The van der Waals surface area contributed by atoms with E-state index in [9.17, 15) is 0 Å². The third-order valence-corrected chi connectivity index (χ3v) is 18.0. The maximum Gasteiger partial charge on any atom is -0.0533 e. The SMILES string of the molecule is C1CCC1.C1CCC1.C1CCC1.C1CCC1.C1CCC1.C1CCC1.C1CCC1.C1CCC1.C1CCC1.C1CCC1.C1CCC1.C1CCC1.C1CCC1.C1CCC1.C1CCC1.C1CCC1.C1CCC1.C1CCC1. The first kappa shape index (κ1) is 70.0. The van der Waals surface area contributed by atoms with Gasteiger partial charge in [-0.05, 0) is 0 Å². The summed E-state index contributed by atoms with van der Waals surface area (Å²) in [6.45, 7) is 0. The van der Waals surface area contributed by atoms with Crippen LogP contribution in [0, 0.1) is 0 Å². The van der Waals surface area contributed by atoms with Gasteiger partial charge in [0.2, 0.25) is 0 Å². The number of rotatable bonds is 0. The quantitative estimate of drug-likeness (QED) is 0.227. The highest BCUT2D eigenvalue weighted by Gasteiger charge is 2.02. The van der Waals surface area contributed by atoms with Gasteiger partial charge in [-0.25, -0.2) is 0 Å². The van der Waals surface area contributed by atoms with E-state index in [1.807, 2.05) is 0 Å². The third-order valence-electron chi connectivity index (χ3n) is 18.0. The van der Waals surface area contributed by atoms with E-state index in [1.54, 1.807) is 0 Å². The Labute approximate surface area is 460 Å². The van der Waals surface area contributed by atoms with Crippen LogP contribution in [0.4, 0.5) is 0 Å². The van der Waals surface area contributed by atoms with E-state index in [0.29, 0.717) is 0 Å². The predicted molar refractivity (Wildman–Crippen MR) is 332 cm³/mol. The molecule has 0 amide bonds. The summed E-state index contributed by atoms with van der Waals surface area (Å²) in [6.07, 6.45) is 108. The fourth-order valence-corrected chi connectivity index (χ4v) is 4.50. The van der Waals surface area contributed by atoms with E-state index in [1.165, 1.54) is 462 Å². The highest BCUT2D eigenvalue weighted by Crippen LogP contribution is 2.21. The van der Waals surface area contributed by atoms with E-state index in [0.717, 1.165) is 0 Å². The first-order valence-corrected chi connectivity index (χ1v) is 36.0. The van der Waals surface area contributed by atoms with Gasteiger partial charge in [0.05, 0.1) is 0 Å². The van der Waals surface area contributed by atoms with Crippen molar-refractivity contribution < 1.29 is 0 Å². The van der Waals surface area contributed by atoms with Crippen LogP contribution < -0.4 is 0 Å². The number of hydrogen-bond donors (Lipinski definition) is 0. The molecule has 18 fully saturated rings. The van der Waals surface area contributed by atoms with Crippen LogP contribution in [-0.4, -0.2) is 0 Å². The Morgan fingerprint density at radius 1 is 0.0278 bits per heavy atom. The molecule has 18 aliphatic carbocycles. The fourth-order valence-electron chi connectivity index (χ4n) is 4.50. The lowest BCUT2D eigenvalue weighted by Gasteiger charge is -2.05. The Morgan fingerprint density at radius 2 is 0.0417 bits per heavy atom. The largest absolute Gasteiger partial charge is 0.0533 e. The molecule has 0 bridgehead atoms. The van der Waals surface area contributed by atoms with Gasteiger partial charge in [0.25, 0.3) is 0 Å². The Kier molecular flexibility index (Phi) is 65.3. The zero-order chi connectivity index (χ0) is 50.9. The van der Waals surface area contributed by atoms with E-state index in [2.05, 4.69) is 0 Å². The van der Waals surface area contributed by atoms with Crippen molar-refractivity contribution in [3.8, 4) is 0 Å². The van der Waals surface area contributed by atoms with Crippen molar-refractivity contribution in [3.05, 3.63) is 0 Å². The van der Waals surface area contributed by atoms with Gasteiger partial charge in [-0.15, -0.1) is 0 Å². The van der Waals surface area contributed by atoms with Crippen molar-refractivity contribution in [2.24, 2.45) is 0 Å². The van der Waals surface area contributed by atoms with Crippen LogP contribution in [-0.2, 0) is 0 Å².